The van der Waals surface area contributed by atoms with Crippen LogP contribution in [0.3, 0.4) is 0 Å². The van der Waals surface area contributed by atoms with Crippen LogP contribution in [0, 0.1) is 5.92 Å². The summed E-state index contributed by atoms with van der Waals surface area (Å²) >= 11 is 0. The van der Waals surface area contributed by atoms with Gasteiger partial charge in [0, 0.05) is 18.9 Å². The number of hydrogen-bond donors (Lipinski definition) is 1. The summed E-state index contributed by atoms with van der Waals surface area (Å²) in [5, 5.41) is 10.8. The van der Waals surface area contributed by atoms with Gasteiger partial charge in [-0.2, -0.15) is 0 Å². The predicted molar refractivity (Wildman–Crippen MR) is 82.4 cm³/mol. The molecule has 0 radical (unpaired) electrons. The summed E-state index contributed by atoms with van der Waals surface area (Å²) < 4.78 is 11.3. The van der Waals surface area contributed by atoms with Crippen LogP contribution in [-0.2, 0) is 4.74 Å². The average Bonchev–Trinajstić information content (AvgIpc) is 2.53. The molecule has 0 saturated heterocycles. The molecule has 118 valence electrons. The normalized spacial score (nSPS) is 27.3. The van der Waals surface area contributed by atoms with Crippen LogP contribution in [0.1, 0.15) is 57.6 Å². The van der Waals surface area contributed by atoms with Gasteiger partial charge in [0.05, 0.1) is 18.4 Å². The zero-order valence-electron chi connectivity index (χ0n) is 13.3. The van der Waals surface area contributed by atoms with E-state index in [1.165, 1.54) is 0 Å². The number of aliphatic hydroxyl groups is 1. The van der Waals surface area contributed by atoms with Gasteiger partial charge in [-0.3, -0.25) is 4.98 Å². The van der Waals surface area contributed by atoms with E-state index in [9.17, 15) is 5.11 Å². The highest BCUT2D eigenvalue weighted by Gasteiger charge is 2.41. The Balaban J connectivity index is 2.15. The van der Waals surface area contributed by atoms with Gasteiger partial charge in [0.2, 0.25) is 0 Å². The van der Waals surface area contributed by atoms with Gasteiger partial charge in [0.25, 0.3) is 0 Å². The lowest BCUT2D eigenvalue weighted by Gasteiger charge is -2.41. The van der Waals surface area contributed by atoms with Crippen LogP contribution in [0.2, 0.25) is 0 Å². The van der Waals surface area contributed by atoms with Crippen molar-refractivity contribution < 1.29 is 14.6 Å². The minimum atomic E-state index is -0.660. The number of rotatable bonds is 6. The van der Waals surface area contributed by atoms with Crippen LogP contribution in [-0.4, -0.2) is 29.4 Å². The lowest BCUT2D eigenvalue weighted by Crippen LogP contribution is -2.42. The van der Waals surface area contributed by atoms with Crippen LogP contribution in [0.15, 0.2) is 18.5 Å². The highest BCUT2D eigenvalue weighted by atomic mass is 16.5. The zero-order valence-corrected chi connectivity index (χ0v) is 13.3. The molecule has 1 aliphatic rings. The van der Waals surface area contributed by atoms with Crippen molar-refractivity contribution in [2.75, 3.05) is 13.7 Å². The summed E-state index contributed by atoms with van der Waals surface area (Å²) in [6, 6.07) is 1.88. The summed E-state index contributed by atoms with van der Waals surface area (Å²) in [7, 11) is 1.70. The van der Waals surface area contributed by atoms with E-state index in [4.69, 9.17) is 9.47 Å². The van der Waals surface area contributed by atoms with Gasteiger partial charge < -0.3 is 14.6 Å². The van der Waals surface area contributed by atoms with Gasteiger partial charge in [-0.15, -0.1) is 0 Å². The van der Waals surface area contributed by atoms with Gasteiger partial charge in [-0.25, -0.2) is 0 Å². The second kappa shape index (κ2) is 7.23. The molecule has 1 fully saturated rings. The smallest absolute Gasteiger partial charge is 0.137 e. The number of ether oxygens (including phenoxy) is 2. The van der Waals surface area contributed by atoms with Gasteiger partial charge in [0.1, 0.15) is 11.9 Å². The fourth-order valence-corrected chi connectivity index (χ4v) is 3.03. The van der Waals surface area contributed by atoms with Crippen molar-refractivity contribution in [3.63, 3.8) is 0 Å². The number of pyridine rings is 1. The van der Waals surface area contributed by atoms with E-state index < -0.39 is 11.7 Å². The van der Waals surface area contributed by atoms with Crippen LogP contribution in [0.4, 0.5) is 0 Å². The fraction of sp³-hybridized carbons (Fsp3) is 0.706. The van der Waals surface area contributed by atoms with Gasteiger partial charge in [-0.05, 0) is 44.1 Å². The summed E-state index contributed by atoms with van der Waals surface area (Å²) in [6.45, 7) is 4.98. The highest BCUT2D eigenvalue weighted by molar-refractivity contribution is 5.27. The average molecular weight is 293 g/mol. The monoisotopic (exact) mass is 293 g/mol. The maximum Gasteiger partial charge on any atom is 0.137 e. The Morgan fingerprint density at radius 3 is 2.71 bits per heavy atom. The molecule has 0 aliphatic heterocycles. The lowest BCUT2D eigenvalue weighted by atomic mass is 9.75. The molecule has 1 unspecified atom stereocenters. The van der Waals surface area contributed by atoms with Crippen molar-refractivity contribution in [3.05, 3.63) is 24.0 Å². The van der Waals surface area contributed by atoms with Crippen molar-refractivity contribution in [2.45, 2.75) is 57.7 Å². The minimum Gasteiger partial charge on any atom is -0.492 e. The van der Waals surface area contributed by atoms with E-state index in [-0.39, 0.29) is 0 Å². The van der Waals surface area contributed by atoms with Crippen molar-refractivity contribution in [1.29, 1.82) is 0 Å². The molecule has 4 nitrogen and oxygen atoms in total. The van der Waals surface area contributed by atoms with E-state index in [1.807, 2.05) is 6.07 Å². The Bertz CT molecular complexity index is 441. The van der Waals surface area contributed by atoms with Crippen molar-refractivity contribution >= 4 is 0 Å². The largest absolute Gasteiger partial charge is 0.492 e. The Morgan fingerprint density at radius 1 is 1.38 bits per heavy atom. The summed E-state index contributed by atoms with van der Waals surface area (Å²) in [5.74, 6) is 1.42. The van der Waals surface area contributed by atoms with Crippen molar-refractivity contribution in [1.82, 2.24) is 4.98 Å². The van der Waals surface area contributed by atoms with Crippen molar-refractivity contribution in [3.8, 4) is 5.75 Å². The molecule has 0 spiro atoms. The van der Waals surface area contributed by atoms with Gasteiger partial charge in [0.15, 0.2) is 0 Å². The topological polar surface area (TPSA) is 51.6 Å². The molecular formula is C17H27NO3. The number of hydrogen-bond acceptors (Lipinski definition) is 4. The number of aromatic nitrogens is 1. The molecule has 1 heterocycles. The predicted octanol–water partition coefficient (Wildman–Crippen LogP) is 3.50. The lowest BCUT2D eigenvalue weighted by molar-refractivity contribution is -0.130. The molecule has 21 heavy (non-hydrogen) atoms. The molecule has 1 aromatic heterocycles. The first-order valence-electron chi connectivity index (χ1n) is 7.92. The number of aliphatic hydroxyl groups excluding tert-OH is 1. The zero-order chi connectivity index (χ0) is 15.3. The third kappa shape index (κ3) is 3.74. The van der Waals surface area contributed by atoms with Crippen LogP contribution >= 0.6 is 0 Å². The number of nitrogens with zero attached hydrogens (tertiary/aromatic N) is 1. The van der Waals surface area contributed by atoms with Gasteiger partial charge >= 0.3 is 0 Å². The Morgan fingerprint density at radius 2 is 2.10 bits per heavy atom. The Kier molecular flexibility index (Phi) is 5.59. The maximum atomic E-state index is 10.8. The molecule has 1 saturated carbocycles. The first-order chi connectivity index (χ1) is 10.1. The van der Waals surface area contributed by atoms with Crippen LogP contribution < -0.4 is 4.74 Å². The molecule has 0 aromatic carbocycles. The molecule has 1 N–H and O–H groups in total. The van der Waals surface area contributed by atoms with Crippen LogP contribution in [0.5, 0.6) is 5.75 Å². The molecular weight excluding hydrogens is 266 g/mol. The number of methoxy groups -OCH3 is 1. The molecule has 2 rings (SSSR count). The highest BCUT2D eigenvalue weighted by Crippen LogP contribution is 2.43. The molecule has 1 atom stereocenters. The van der Waals surface area contributed by atoms with E-state index in [1.54, 1.807) is 19.5 Å². The third-order valence-corrected chi connectivity index (χ3v) is 4.55. The van der Waals surface area contributed by atoms with E-state index in [2.05, 4.69) is 18.8 Å². The second-order valence-electron chi connectivity index (χ2n) is 6.16. The summed E-state index contributed by atoms with van der Waals surface area (Å²) in [5.41, 5.74) is 0.289. The Labute approximate surface area is 127 Å². The van der Waals surface area contributed by atoms with Crippen molar-refractivity contribution in [2.24, 2.45) is 5.92 Å². The second-order valence-corrected chi connectivity index (χ2v) is 6.16. The third-order valence-electron chi connectivity index (χ3n) is 4.55. The fourth-order valence-electron chi connectivity index (χ4n) is 3.03. The first kappa shape index (κ1) is 16.2. The molecule has 4 heteroatoms. The Hall–Kier alpha value is -1.13. The quantitative estimate of drug-likeness (QED) is 0.872. The maximum absolute atomic E-state index is 10.8. The molecule has 0 amide bonds. The van der Waals surface area contributed by atoms with Crippen LogP contribution in [0.25, 0.3) is 0 Å². The standard InChI is InChI=1S/C17H27NO3/c1-4-9-21-15-10-14(11-18-12-15)16(19)17(20-3)7-5-13(2)6-8-17/h10-13,16,19H,4-9H2,1-3H3. The van der Waals surface area contributed by atoms with E-state index in [0.29, 0.717) is 18.3 Å². The summed E-state index contributed by atoms with van der Waals surface area (Å²) in [4.78, 5) is 4.19. The first-order valence-corrected chi connectivity index (χ1v) is 7.92. The van der Waals surface area contributed by atoms with Gasteiger partial charge in [-0.1, -0.05) is 13.8 Å². The molecule has 0 bridgehead atoms. The molecule has 1 aromatic rings. The van der Waals surface area contributed by atoms with E-state index in [0.717, 1.165) is 37.7 Å². The molecule has 1 aliphatic carbocycles. The SMILES string of the molecule is CCCOc1cncc(C(O)C2(OC)CCC(C)CC2)c1. The minimum absolute atomic E-state index is 0.489. The summed E-state index contributed by atoms with van der Waals surface area (Å²) in [6.07, 6.45) is 7.63. The van der Waals surface area contributed by atoms with E-state index >= 15 is 0 Å².